The van der Waals surface area contributed by atoms with Crippen LogP contribution in [0, 0.1) is 0 Å². The van der Waals surface area contributed by atoms with Gasteiger partial charge < -0.3 is 34.0 Å². The maximum Gasteiger partial charge on any atom is 0.573 e. The Morgan fingerprint density at radius 3 is 2.48 bits per heavy atom. The summed E-state index contributed by atoms with van der Waals surface area (Å²) in [6, 6.07) is 13.1. The predicted molar refractivity (Wildman–Crippen MR) is 173 cm³/mol. The number of hydrogen-bond donors (Lipinski definition) is 1. The molecule has 48 heavy (non-hydrogen) atoms. The van der Waals surface area contributed by atoms with Crippen LogP contribution in [-0.2, 0) is 24.6 Å². The van der Waals surface area contributed by atoms with E-state index < -0.39 is 30.0 Å². The lowest BCUT2D eigenvalue weighted by atomic mass is 9.99. The van der Waals surface area contributed by atoms with Gasteiger partial charge in [-0.2, -0.15) is 0 Å². The Morgan fingerprint density at radius 1 is 1.04 bits per heavy atom. The predicted octanol–water partition coefficient (Wildman–Crippen LogP) is 7.18. The third kappa shape index (κ3) is 7.89. The van der Waals surface area contributed by atoms with Crippen molar-refractivity contribution in [2.45, 2.75) is 50.9 Å². The molecule has 1 fully saturated rings. The molecule has 1 aliphatic carbocycles. The van der Waals surface area contributed by atoms with E-state index in [1.807, 2.05) is 0 Å². The number of alkyl halides is 3. The van der Waals surface area contributed by atoms with E-state index in [0.29, 0.717) is 51.3 Å². The number of hydrogen-bond acceptors (Lipinski definition) is 9. The summed E-state index contributed by atoms with van der Waals surface area (Å²) < 4.78 is 59.7. The quantitative estimate of drug-likeness (QED) is 0.0871. The third-order valence-electron chi connectivity index (χ3n) is 8.17. The maximum atomic E-state index is 14.6. The van der Waals surface area contributed by atoms with E-state index in [-0.39, 0.29) is 25.0 Å². The fourth-order valence-corrected chi connectivity index (χ4v) is 5.88. The first-order valence-corrected chi connectivity index (χ1v) is 15.6. The number of nitrogens with one attached hydrogen (secondary N) is 1. The number of ether oxygens (including phenoxy) is 4. The van der Waals surface area contributed by atoms with Gasteiger partial charge in [-0.3, -0.25) is 9.59 Å². The van der Waals surface area contributed by atoms with Crippen LogP contribution in [0.5, 0.6) is 17.2 Å². The number of amides is 1. The standard InChI is InChI=1S/C34H35ClF3N3O7/c1-5-46-30(42)10-13-47-40-20(2)21-14-23(17-25(15-21)44-3)39-31(26-8-6-22(35)16-29(26)45-4)32(43)41-19-33(11-12-33)27-9-7-24(18-28(27)41)48-34(36,37)38/h6-9,14-18,31,39H,5,10-13,19H2,1-4H3/b40-20+. The summed E-state index contributed by atoms with van der Waals surface area (Å²) in [6.45, 7) is 4.01. The molecule has 0 radical (unpaired) electrons. The molecular formula is C34H35ClF3N3O7. The van der Waals surface area contributed by atoms with E-state index in [1.165, 1.54) is 31.3 Å². The second-order valence-corrected chi connectivity index (χ2v) is 11.8. The lowest BCUT2D eigenvalue weighted by molar-refractivity contribution is -0.274. The van der Waals surface area contributed by atoms with Crippen molar-refractivity contribution < 1.29 is 46.5 Å². The van der Waals surface area contributed by atoms with Crippen LogP contribution in [-0.4, -0.2) is 57.9 Å². The Bertz CT molecular complexity index is 1710. The Labute approximate surface area is 280 Å². The summed E-state index contributed by atoms with van der Waals surface area (Å²) in [6.07, 6.45) is -3.26. The van der Waals surface area contributed by atoms with Crippen LogP contribution in [0.15, 0.2) is 59.8 Å². The summed E-state index contributed by atoms with van der Waals surface area (Å²) in [4.78, 5) is 33.1. The van der Waals surface area contributed by atoms with Gasteiger partial charge in [-0.1, -0.05) is 28.9 Å². The van der Waals surface area contributed by atoms with E-state index in [0.717, 1.165) is 18.4 Å². The fourth-order valence-electron chi connectivity index (χ4n) is 5.71. The topological polar surface area (TPSA) is 108 Å². The molecule has 2 aliphatic rings. The van der Waals surface area contributed by atoms with E-state index in [4.69, 9.17) is 30.6 Å². The minimum atomic E-state index is -4.89. The van der Waals surface area contributed by atoms with Crippen LogP contribution in [0.2, 0.25) is 5.02 Å². The van der Waals surface area contributed by atoms with E-state index in [1.54, 1.807) is 56.3 Å². The first-order valence-electron chi connectivity index (χ1n) is 15.2. The lowest BCUT2D eigenvalue weighted by Gasteiger charge is -2.28. The number of rotatable bonds is 13. The van der Waals surface area contributed by atoms with Crippen molar-refractivity contribution in [2.24, 2.45) is 5.16 Å². The van der Waals surface area contributed by atoms with Crippen molar-refractivity contribution in [3.8, 4) is 17.2 Å². The van der Waals surface area contributed by atoms with Crippen LogP contribution >= 0.6 is 11.6 Å². The molecular weight excluding hydrogens is 655 g/mol. The number of anilines is 2. The van der Waals surface area contributed by atoms with Gasteiger partial charge in [0.1, 0.15) is 29.9 Å². The number of fused-ring (bicyclic) bond motifs is 2. The molecule has 1 heterocycles. The van der Waals surface area contributed by atoms with Gasteiger partial charge in [0.2, 0.25) is 0 Å². The Morgan fingerprint density at radius 2 is 1.81 bits per heavy atom. The number of benzene rings is 3. The van der Waals surface area contributed by atoms with Crippen LogP contribution in [0.1, 0.15) is 55.8 Å². The summed E-state index contributed by atoms with van der Waals surface area (Å²) in [5.74, 6) is -0.463. The summed E-state index contributed by atoms with van der Waals surface area (Å²) in [5.41, 5.74) is 2.80. The van der Waals surface area contributed by atoms with Gasteiger partial charge in [-0.05, 0) is 62.6 Å². The van der Waals surface area contributed by atoms with Crippen molar-refractivity contribution in [1.29, 1.82) is 0 Å². The van der Waals surface area contributed by atoms with Gasteiger partial charge in [-0.25, -0.2) is 0 Å². The number of carbonyl (C=O) groups excluding carboxylic acids is 2. The molecule has 1 aliphatic heterocycles. The number of halogens is 4. The molecule has 10 nitrogen and oxygen atoms in total. The molecule has 1 N–H and O–H groups in total. The highest BCUT2D eigenvalue weighted by atomic mass is 35.5. The first-order chi connectivity index (χ1) is 22.9. The van der Waals surface area contributed by atoms with Gasteiger partial charge in [0.25, 0.3) is 5.91 Å². The highest BCUT2D eigenvalue weighted by Gasteiger charge is 2.54. The van der Waals surface area contributed by atoms with E-state index in [2.05, 4.69) is 15.2 Å². The van der Waals surface area contributed by atoms with Crippen LogP contribution < -0.4 is 24.4 Å². The number of oxime groups is 1. The van der Waals surface area contributed by atoms with Crippen molar-refractivity contribution >= 4 is 40.6 Å². The molecule has 0 bridgehead atoms. The highest BCUT2D eigenvalue weighted by Crippen LogP contribution is 2.57. The van der Waals surface area contributed by atoms with Gasteiger partial charge in [0.15, 0.2) is 0 Å². The van der Waals surface area contributed by atoms with Crippen molar-refractivity contribution in [3.63, 3.8) is 0 Å². The van der Waals surface area contributed by atoms with Crippen LogP contribution in [0.3, 0.4) is 0 Å². The molecule has 1 spiro atoms. The molecule has 0 aromatic heterocycles. The smallest absolute Gasteiger partial charge is 0.497 e. The average Bonchev–Trinajstić information content (AvgIpc) is 3.76. The Kier molecular flexibility index (Phi) is 10.3. The van der Waals surface area contributed by atoms with Crippen LogP contribution in [0.25, 0.3) is 0 Å². The van der Waals surface area contributed by atoms with Crippen molar-refractivity contribution in [3.05, 3.63) is 76.3 Å². The van der Waals surface area contributed by atoms with Gasteiger partial charge in [0.05, 0.1) is 38.6 Å². The number of nitrogens with zero attached hydrogens (tertiary/aromatic N) is 2. The normalized spacial score (nSPS) is 15.4. The first kappa shape index (κ1) is 34.7. The van der Waals surface area contributed by atoms with Crippen molar-refractivity contribution in [1.82, 2.24) is 0 Å². The highest BCUT2D eigenvalue weighted by molar-refractivity contribution is 6.30. The number of methoxy groups -OCH3 is 2. The monoisotopic (exact) mass is 689 g/mol. The second kappa shape index (κ2) is 14.2. The molecule has 256 valence electrons. The van der Waals surface area contributed by atoms with Crippen molar-refractivity contribution in [2.75, 3.05) is 44.2 Å². The maximum absolute atomic E-state index is 14.6. The third-order valence-corrected chi connectivity index (χ3v) is 8.41. The molecule has 14 heteroatoms. The molecule has 1 saturated carbocycles. The largest absolute Gasteiger partial charge is 0.573 e. The minimum absolute atomic E-state index is 0.0205. The Balaban J connectivity index is 1.50. The molecule has 1 amide bonds. The average molecular weight is 690 g/mol. The lowest BCUT2D eigenvalue weighted by Crippen LogP contribution is -2.38. The van der Waals surface area contributed by atoms with Gasteiger partial charge in [-0.15, -0.1) is 13.2 Å². The molecule has 0 saturated heterocycles. The fraction of sp³-hybridized carbons (Fsp3) is 0.382. The zero-order valence-corrected chi connectivity index (χ0v) is 27.5. The zero-order chi connectivity index (χ0) is 34.6. The van der Waals surface area contributed by atoms with Gasteiger partial charge >= 0.3 is 12.3 Å². The van der Waals surface area contributed by atoms with Gasteiger partial charge in [0, 0.05) is 45.9 Å². The number of carbonyl (C=O) groups is 2. The summed E-state index contributed by atoms with van der Waals surface area (Å²) in [5, 5.41) is 7.81. The molecule has 5 rings (SSSR count). The Hall–Kier alpha value is -4.65. The summed E-state index contributed by atoms with van der Waals surface area (Å²) >= 11 is 6.26. The minimum Gasteiger partial charge on any atom is -0.497 e. The zero-order valence-electron chi connectivity index (χ0n) is 26.8. The molecule has 3 aromatic carbocycles. The van der Waals surface area contributed by atoms with E-state index >= 15 is 0 Å². The van der Waals surface area contributed by atoms with Crippen LogP contribution in [0.4, 0.5) is 24.5 Å². The number of esters is 1. The summed E-state index contributed by atoms with van der Waals surface area (Å²) in [7, 11) is 2.94. The van der Waals surface area contributed by atoms with E-state index in [9.17, 15) is 22.8 Å². The molecule has 1 atom stereocenters. The second-order valence-electron chi connectivity index (χ2n) is 11.4. The molecule has 3 aromatic rings. The molecule has 1 unspecified atom stereocenters. The SMILES string of the molecule is CCOC(=O)CCO/N=C(\C)c1cc(NC(C(=O)N2CC3(CC3)c3ccc(OC(F)(F)F)cc32)c2ccc(Cl)cc2OC)cc(OC)c1.